The molecule has 0 aromatic heterocycles. The van der Waals surface area contributed by atoms with Crippen LogP contribution in [-0.2, 0) is 4.79 Å². The van der Waals surface area contributed by atoms with Crippen LogP contribution in [0.1, 0.15) is 50.8 Å². The average molecular weight is 364 g/mol. The Labute approximate surface area is 151 Å². The molecule has 3 nitrogen and oxygen atoms in total. The van der Waals surface area contributed by atoms with E-state index in [-0.39, 0.29) is 18.0 Å². The van der Waals surface area contributed by atoms with Gasteiger partial charge in [0, 0.05) is 6.54 Å². The van der Waals surface area contributed by atoms with Crippen molar-refractivity contribution in [1.29, 1.82) is 0 Å². The number of fused-ring (bicyclic) bond motifs is 1. The van der Waals surface area contributed by atoms with Crippen molar-refractivity contribution in [3.63, 3.8) is 0 Å². The number of nitrogens with one attached hydrogen (secondary N) is 1. The monoisotopic (exact) mass is 364 g/mol. The topological polar surface area (TPSA) is 32.3 Å². The summed E-state index contributed by atoms with van der Waals surface area (Å²) in [5.41, 5.74) is 2.73. The van der Waals surface area contributed by atoms with E-state index in [0.29, 0.717) is 5.39 Å². The molecule has 0 spiro atoms. The predicted octanol–water partition coefficient (Wildman–Crippen LogP) is 4.94. The summed E-state index contributed by atoms with van der Waals surface area (Å²) < 4.78 is 42.1. The summed E-state index contributed by atoms with van der Waals surface area (Å²) in [4.78, 5) is 12.1. The van der Waals surface area contributed by atoms with Gasteiger partial charge in [-0.1, -0.05) is 50.2 Å². The Morgan fingerprint density at radius 3 is 2.04 bits per heavy atom. The van der Waals surface area contributed by atoms with Crippen LogP contribution in [-0.4, -0.2) is 23.6 Å². The van der Waals surface area contributed by atoms with E-state index in [1.165, 1.54) is 0 Å². The average Bonchev–Trinajstić information content (AvgIpc) is 2.78. The third kappa shape index (κ3) is 3.18. The first-order valence-corrected chi connectivity index (χ1v) is 8.68. The minimum Gasteiger partial charge on any atom is -0.287 e. The normalized spacial score (nSPS) is 19.2. The Morgan fingerprint density at radius 1 is 1.04 bits per heavy atom. The van der Waals surface area contributed by atoms with Crippen molar-refractivity contribution in [3.05, 3.63) is 47.5 Å². The molecular formula is C20H23F3N2O. The highest BCUT2D eigenvalue weighted by Crippen LogP contribution is 2.43. The molecule has 0 radical (unpaired) electrons. The molecule has 1 atom stereocenters. The molecule has 1 aliphatic heterocycles. The minimum absolute atomic E-state index is 0.00370. The fourth-order valence-corrected chi connectivity index (χ4v) is 3.58. The van der Waals surface area contributed by atoms with Crippen LogP contribution >= 0.6 is 0 Å². The third-order valence-corrected chi connectivity index (χ3v) is 4.96. The van der Waals surface area contributed by atoms with Gasteiger partial charge in [0.1, 0.15) is 0 Å². The number of rotatable bonds is 3. The van der Waals surface area contributed by atoms with Crippen LogP contribution in [0.4, 0.5) is 13.2 Å². The lowest BCUT2D eigenvalue weighted by atomic mass is 9.89. The van der Waals surface area contributed by atoms with Crippen LogP contribution in [0.3, 0.4) is 0 Å². The maximum Gasteiger partial charge on any atom is 0.409 e. The van der Waals surface area contributed by atoms with E-state index in [0.717, 1.165) is 16.0 Å². The molecule has 1 aliphatic rings. The summed E-state index contributed by atoms with van der Waals surface area (Å²) in [5, 5.41) is 2.41. The minimum atomic E-state index is -4.52. The van der Waals surface area contributed by atoms with Crippen LogP contribution in [0.5, 0.6) is 0 Å². The molecule has 0 bridgehead atoms. The van der Waals surface area contributed by atoms with Gasteiger partial charge in [0.2, 0.25) is 5.91 Å². The first kappa shape index (κ1) is 18.7. The standard InChI is InChI=1S/C20H23F3N2O/c1-12(2)13-9-10-16(15-8-6-5-7-14(13)15)17(20(21,22)23)25-11-19(3,4)18(26)24-25/h5-10,12,17H,11H2,1-4H3,(H,24,26)/t17-/m0/s1. The second-order valence-electron chi connectivity index (χ2n) is 7.84. The highest BCUT2D eigenvalue weighted by Gasteiger charge is 2.51. The van der Waals surface area contributed by atoms with Crippen molar-refractivity contribution in [1.82, 2.24) is 10.4 Å². The lowest BCUT2D eigenvalue weighted by Gasteiger charge is -2.31. The number of halogens is 3. The summed E-state index contributed by atoms with van der Waals surface area (Å²) in [5.74, 6) is -0.196. The van der Waals surface area contributed by atoms with Gasteiger partial charge in [-0.2, -0.15) is 13.2 Å². The number of hydrogen-bond acceptors (Lipinski definition) is 2. The van der Waals surface area contributed by atoms with Crippen molar-refractivity contribution >= 4 is 16.7 Å². The Balaban J connectivity index is 2.18. The molecule has 0 unspecified atom stereocenters. The van der Waals surface area contributed by atoms with E-state index >= 15 is 0 Å². The Kier molecular flexibility index (Phi) is 4.51. The van der Waals surface area contributed by atoms with Gasteiger partial charge in [-0.15, -0.1) is 0 Å². The molecule has 0 saturated carbocycles. The second kappa shape index (κ2) is 6.27. The number of carbonyl (C=O) groups is 1. The summed E-state index contributed by atoms with van der Waals surface area (Å²) in [6, 6.07) is 8.58. The van der Waals surface area contributed by atoms with Gasteiger partial charge in [0.25, 0.3) is 0 Å². The number of amides is 1. The first-order valence-electron chi connectivity index (χ1n) is 8.68. The van der Waals surface area contributed by atoms with E-state index in [9.17, 15) is 18.0 Å². The Bertz CT molecular complexity index is 843. The van der Waals surface area contributed by atoms with Crippen LogP contribution < -0.4 is 5.43 Å². The lowest BCUT2D eigenvalue weighted by molar-refractivity contribution is -0.191. The number of hydrazine groups is 1. The lowest BCUT2D eigenvalue weighted by Crippen LogP contribution is -2.43. The van der Waals surface area contributed by atoms with E-state index < -0.39 is 23.5 Å². The van der Waals surface area contributed by atoms with Crippen molar-refractivity contribution < 1.29 is 18.0 Å². The highest BCUT2D eigenvalue weighted by atomic mass is 19.4. The van der Waals surface area contributed by atoms with Crippen LogP contribution in [0, 0.1) is 5.41 Å². The van der Waals surface area contributed by atoms with Crippen LogP contribution in [0.25, 0.3) is 10.8 Å². The molecule has 140 valence electrons. The van der Waals surface area contributed by atoms with Gasteiger partial charge in [0.05, 0.1) is 5.41 Å². The first-order chi connectivity index (χ1) is 12.0. The van der Waals surface area contributed by atoms with Gasteiger partial charge >= 0.3 is 6.18 Å². The quantitative estimate of drug-likeness (QED) is 0.837. The van der Waals surface area contributed by atoms with E-state index in [1.54, 1.807) is 38.1 Å². The van der Waals surface area contributed by atoms with Crippen molar-refractivity contribution in [2.24, 2.45) is 5.41 Å². The van der Waals surface area contributed by atoms with Crippen molar-refractivity contribution in [2.45, 2.75) is 45.8 Å². The number of alkyl halides is 3. The number of carbonyl (C=O) groups excluding carboxylic acids is 1. The predicted molar refractivity (Wildman–Crippen MR) is 95.5 cm³/mol. The SMILES string of the molecule is CC(C)c1ccc([C@H](N2CC(C)(C)C(=O)N2)C(F)(F)F)c2ccccc12. The number of hydrogen-bond donors (Lipinski definition) is 1. The maximum atomic E-state index is 14.0. The highest BCUT2D eigenvalue weighted by molar-refractivity contribution is 5.90. The number of nitrogens with zero attached hydrogens (tertiary/aromatic N) is 1. The molecule has 26 heavy (non-hydrogen) atoms. The van der Waals surface area contributed by atoms with Crippen LogP contribution in [0.15, 0.2) is 36.4 Å². The molecule has 3 rings (SSSR count). The fourth-order valence-electron chi connectivity index (χ4n) is 3.58. The molecule has 2 aromatic rings. The molecular weight excluding hydrogens is 341 g/mol. The molecule has 1 heterocycles. The molecule has 1 amide bonds. The van der Waals surface area contributed by atoms with Gasteiger partial charge < -0.3 is 0 Å². The van der Waals surface area contributed by atoms with E-state index in [2.05, 4.69) is 5.43 Å². The fraction of sp³-hybridized carbons (Fsp3) is 0.450. The van der Waals surface area contributed by atoms with Gasteiger partial charge in [0.15, 0.2) is 6.04 Å². The van der Waals surface area contributed by atoms with Crippen molar-refractivity contribution in [2.75, 3.05) is 6.54 Å². The van der Waals surface area contributed by atoms with E-state index in [1.807, 2.05) is 26.0 Å². The Morgan fingerprint density at radius 2 is 1.58 bits per heavy atom. The zero-order valence-electron chi connectivity index (χ0n) is 15.3. The van der Waals surface area contributed by atoms with Gasteiger partial charge in [-0.05, 0) is 41.7 Å². The molecule has 0 aliphatic carbocycles. The van der Waals surface area contributed by atoms with Crippen LogP contribution in [0.2, 0.25) is 0 Å². The summed E-state index contributed by atoms with van der Waals surface area (Å²) >= 11 is 0. The summed E-state index contributed by atoms with van der Waals surface area (Å²) in [6.45, 7) is 7.33. The second-order valence-corrected chi connectivity index (χ2v) is 7.84. The zero-order chi connectivity index (χ0) is 19.3. The molecule has 1 saturated heterocycles. The molecule has 2 aromatic carbocycles. The molecule has 1 N–H and O–H groups in total. The largest absolute Gasteiger partial charge is 0.409 e. The van der Waals surface area contributed by atoms with Gasteiger partial charge in [-0.25, -0.2) is 5.01 Å². The number of benzene rings is 2. The third-order valence-electron chi connectivity index (χ3n) is 4.96. The smallest absolute Gasteiger partial charge is 0.287 e. The van der Waals surface area contributed by atoms with Gasteiger partial charge in [-0.3, -0.25) is 10.2 Å². The summed E-state index contributed by atoms with van der Waals surface area (Å²) in [6.07, 6.45) is -4.52. The zero-order valence-corrected chi connectivity index (χ0v) is 15.3. The summed E-state index contributed by atoms with van der Waals surface area (Å²) in [7, 11) is 0. The molecule has 6 heteroatoms. The van der Waals surface area contributed by atoms with Crippen molar-refractivity contribution in [3.8, 4) is 0 Å². The Hall–Kier alpha value is -2.08. The maximum absolute atomic E-state index is 14.0. The van der Waals surface area contributed by atoms with E-state index in [4.69, 9.17) is 0 Å². The molecule has 1 fully saturated rings.